The number of benzene rings is 1. The number of nitrogens with zero attached hydrogens (tertiary/aromatic N) is 3. The molecule has 0 radical (unpaired) electrons. The van der Waals surface area contributed by atoms with Gasteiger partial charge in [0.25, 0.3) is 0 Å². The molecule has 0 unspecified atom stereocenters. The molecule has 0 aliphatic rings. The zero-order valence-corrected chi connectivity index (χ0v) is 14.1. The number of aromatic nitrogens is 3. The summed E-state index contributed by atoms with van der Waals surface area (Å²) in [4.78, 5) is 4.03. The Morgan fingerprint density at radius 3 is 2.62 bits per heavy atom. The molecule has 3 heterocycles. The quantitative estimate of drug-likeness (QED) is 0.480. The molecular formula is C18H11ClF3N3O. The summed E-state index contributed by atoms with van der Waals surface area (Å²) in [5.74, 6) is 0.210. The standard InChI is InChI=1S/C18H11ClF3N3O/c1-26-17-5-4-12(15-7-16(18(20,21)22)24-25(15)17)10-2-3-11-8-23-9-14(19)13(11)6-10/h2-9H,1H3. The molecule has 0 N–H and O–H groups in total. The van der Waals surface area contributed by atoms with E-state index < -0.39 is 11.9 Å². The molecule has 8 heteroatoms. The first-order valence-electron chi connectivity index (χ1n) is 7.56. The van der Waals surface area contributed by atoms with Crippen molar-refractivity contribution >= 4 is 27.9 Å². The lowest BCUT2D eigenvalue weighted by molar-refractivity contribution is -0.141. The first-order chi connectivity index (χ1) is 12.4. The van der Waals surface area contributed by atoms with Gasteiger partial charge in [0.15, 0.2) is 5.69 Å². The predicted molar refractivity (Wildman–Crippen MR) is 92.5 cm³/mol. The van der Waals surface area contributed by atoms with Crippen molar-refractivity contribution in [1.29, 1.82) is 0 Å². The molecule has 4 rings (SSSR count). The summed E-state index contributed by atoms with van der Waals surface area (Å²) in [6.45, 7) is 0. The molecule has 3 aromatic heterocycles. The van der Waals surface area contributed by atoms with E-state index in [1.54, 1.807) is 18.3 Å². The number of hydrogen-bond donors (Lipinski definition) is 0. The second-order valence-electron chi connectivity index (χ2n) is 5.67. The van der Waals surface area contributed by atoms with E-state index in [2.05, 4.69) is 10.1 Å². The summed E-state index contributed by atoms with van der Waals surface area (Å²) in [6, 6.07) is 9.74. The van der Waals surface area contributed by atoms with Crippen molar-refractivity contribution in [3.05, 3.63) is 59.5 Å². The van der Waals surface area contributed by atoms with Crippen LogP contribution < -0.4 is 4.74 Å². The van der Waals surface area contributed by atoms with Gasteiger partial charge >= 0.3 is 6.18 Å². The maximum atomic E-state index is 13.1. The third-order valence-electron chi connectivity index (χ3n) is 4.11. The molecule has 0 saturated heterocycles. The number of alkyl halides is 3. The highest BCUT2D eigenvalue weighted by Gasteiger charge is 2.34. The van der Waals surface area contributed by atoms with Crippen molar-refractivity contribution in [3.63, 3.8) is 0 Å². The zero-order valence-electron chi connectivity index (χ0n) is 13.4. The first kappa shape index (κ1) is 16.7. The van der Waals surface area contributed by atoms with Crippen LogP contribution in [0.15, 0.2) is 48.8 Å². The first-order valence-corrected chi connectivity index (χ1v) is 7.94. The van der Waals surface area contributed by atoms with Crippen LogP contribution in [0.2, 0.25) is 5.02 Å². The van der Waals surface area contributed by atoms with Gasteiger partial charge in [-0.05, 0) is 23.8 Å². The van der Waals surface area contributed by atoms with E-state index in [1.807, 2.05) is 18.2 Å². The highest BCUT2D eigenvalue weighted by molar-refractivity contribution is 6.35. The van der Waals surface area contributed by atoms with Crippen LogP contribution in [0.25, 0.3) is 27.4 Å². The molecule has 0 saturated carbocycles. The lowest BCUT2D eigenvalue weighted by Gasteiger charge is -2.09. The topological polar surface area (TPSA) is 39.4 Å². The number of methoxy groups -OCH3 is 1. The van der Waals surface area contributed by atoms with Crippen molar-refractivity contribution in [1.82, 2.24) is 14.6 Å². The minimum atomic E-state index is -4.55. The van der Waals surface area contributed by atoms with Crippen LogP contribution in [-0.2, 0) is 6.18 Å². The summed E-state index contributed by atoms with van der Waals surface area (Å²) in [7, 11) is 1.38. The smallest absolute Gasteiger partial charge is 0.435 e. The van der Waals surface area contributed by atoms with E-state index in [0.29, 0.717) is 21.7 Å². The van der Waals surface area contributed by atoms with Gasteiger partial charge in [-0.3, -0.25) is 4.98 Å². The number of fused-ring (bicyclic) bond motifs is 2. The summed E-state index contributed by atoms with van der Waals surface area (Å²) < 4.78 is 45.6. The molecule has 0 atom stereocenters. The minimum Gasteiger partial charge on any atom is -0.481 e. The highest BCUT2D eigenvalue weighted by Crippen LogP contribution is 2.35. The maximum absolute atomic E-state index is 13.1. The van der Waals surface area contributed by atoms with Crippen LogP contribution in [0.5, 0.6) is 5.88 Å². The second-order valence-corrected chi connectivity index (χ2v) is 6.08. The van der Waals surface area contributed by atoms with Gasteiger partial charge in [0.05, 0.1) is 17.6 Å². The molecule has 0 aliphatic carbocycles. The fourth-order valence-electron chi connectivity index (χ4n) is 2.88. The Labute approximate surface area is 150 Å². The number of hydrogen-bond acceptors (Lipinski definition) is 3. The molecule has 0 bridgehead atoms. The molecule has 132 valence electrons. The van der Waals surface area contributed by atoms with Gasteiger partial charge in [-0.15, -0.1) is 0 Å². The summed E-state index contributed by atoms with van der Waals surface area (Å²) in [6.07, 6.45) is -1.35. The van der Waals surface area contributed by atoms with Crippen LogP contribution in [-0.4, -0.2) is 21.7 Å². The maximum Gasteiger partial charge on any atom is 0.435 e. The van der Waals surface area contributed by atoms with Gasteiger partial charge in [0.2, 0.25) is 5.88 Å². The van der Waals surface area contributed by atoms with E-state index in [-0.39, 0.29) is 5.88 Å². The van der Waals surface area contributed by atoms with Crippen molar-refractivity contribution in [3.8, 4) is 17.0 Å². The molecule has 0 amide bonds. The van der Waals surface area contributed by atoms with Crippen LogP contribution in [0.4, 0.5) is 13.2 Å². The molecule has 0 aliphatic heterocycles. The lowest BCUT2D eigenvalue weighted by atomic mass is 10.0. The Hall–Kier alpha value is -2.80. The minimum absolute atomic E-state index is 0.210. The van der Waals surface area contributed by atoms with E-state index in [4.69, 9.17) is 16.3 Å². The Morgan fingerprint density at radius 2 is 1.88 bits per heavy atom. The zero-order chi connectivity index (χ0) is 18.5. The second kappa shape index (κ2) is 5.88. The van der Waals surface area contributed by atoms with E-state index in [9.17, 15) is 13.2 Å². The Balaban J connectivity index is 2.00. The van der Waals surface area contributed by atoms with Crippen molar-refractivity contribution in [2.75, 3.05) is 7.11 Å². The summed E-state index contributed by atoms with van der Waals surface area (Å²) >= 11 is 6.20. The van der Waals surface area contributed by atoms with Gasteiger partial charge in [-0.25, -0.2) is 0 Å². The molecule has 26 heavy (non-hydrogen) atoms. The number of rotatable bonds is 2. The molecule has 4 aromatic rings. The normalized spacial score (nSPS) is 12.0. The van der Waals surface area contributed by atoms with E-state index >= 15 is 0 Å². The average Bonchev–Trinajstić information content (AvgIpc) is 3.07. The lowest BCUT2D eigenvalue weighted by Crippen LogP contribution is -2.06. The molecule has 0 fully saturated rings. The Morgan fingerprint density at radius 1 is 1.08 bits per heavy atom. The van der Waals surface area contributed by atoms with Gasteiger partial charge < -0.3 is 4.74 Å². The van der Waals surface area contributed by atoms with Crippen LogP contribution in [0, 0.1) is 0 Å². The molecular weight excluding hydrogens is 367 g/mol. The van der Waals surface area contributed by atoms with Crippen LogP contribution in [0.3, 0.4) is 0 Å². The Bertz CT molecular complexity index is 1140. The van der Waals surface area contributed by atoms with Gasteiger partial charge in [0, 0.05) is 34.8 Å². The van der Waals surface area contributed by atoms with Crippen molar-refractivity contribution in [2.45, 2.75) is 6.18 Å². The van der Waals surface area contributed by atoms with E-state index in [1.165, 1.54) is 13.3 Å². The number of halogens is 4. The van der Waals surface area contributed by atoms with Crippen LogP contribution >= 0.6 is 11.6 Å². The third kappa shape index (κ3) is 2.64. The summed E-state index contributed by atoms with van der Waals surface area (Å²) in [5.41, 5.74) is 0.614. The van der Waals surface area contributed by atoms with Crippen molar-refractivity contribution < 1.29 is 17.9 Å². The summed E-state index contributed by atoms with van der Waals surface area (Å²) in [5, 5.41) is 5.73. The Kier molecular flexibility index (Phi) is 3.77. The average molecular weight is 378 g/mol. The van der Waals surface area contributed by atoms with Gasteiger partial charge in [-0.2, -0.15) is 22.8 Å². The van der Waals surface area contributed by atoms with E-state index in [0.717, 1.165) is 21.4 Å². The molecule has 0 spiro atoms. The van der Waals surface area contributed by atoms with Gasteiger partial charge in [0.1, 0.15) is 0 Å². The fraction of sp³-hybridized carbons (Fsp3) is 0.111. The number of pyridine rings is 2. The highest BCUT2D eigenvalue weighted by atomic mass is 35.5. The third-order valence-corrected chi connectivity index (χ3v) is 4.41. The van der Waals surface area contributed by atoms with Crippen LogP contribution in [0.1, 0.15) is 5.69 Å². The van der Waals surface area contributed by atoms with Gasteiger partial charge in [-0.1, -0.05) is 23.7 Å². The fourth-order valence-corrected chi connectivity index (χ4v) is 3.10. The van der Waals surface area contributed by atoms with Crippen molar-refractivity contribution in [2.24, 2.45) is 0 Å². The SMILES string of the molecule is COc1ccc(-c2ccc3cncc(Cl)c3c2)c2cc(C(F)(F)F)nn12. The monoisotopic (exact) mass is 377 g/mol. The molecule has 4 nitrogen and oxygen atoms in total. The predicted octanol–water partition coefficient (Wildman–Crippen LogP) is 5.23. The largest absolute Gasteiger partial charge is 0.481 e. The molecule has 1 aromatic carbocycles. The number of ether oxygens (including phenoxy) is 1.